The fraction of sp³-hybridized carbons (Fsp3) is 0.571. The van der Waals surface area contributed by atoms with E-state index in [9.17, 15) is 0 Å². The van der Waals surface area contributed by atoms with E-state index in [0.717, 1.165) is 3.01 Å². The van der Waals surface area contributed by atoms with Gasteiger partial charge in [0.05, 0.1) is 0 Å². The van der Waals surface area contributed by atoms with Gasteiger partial charge in [-0.3, -0.25) is 0 Å². The van der Waals surface area contributed by atoms with E-state index in [0.29, 0.717) is 0 Å². The monoisotopic (exact) mass is 453 g/mol. The van der Waals surface area contributed by atoms with Gasteiger partial charge in [0.25, 0.3) is 0 Å². The van der Waals surface area contributed by atoms with Crippen molar-refractivity contribution in [3.05, 3.63) is 14.1 Å². The van der Waals surface area contributed by atoms with Gasteiger partial charge in [0.2, 0.25) is 0 Å². The first-order valence-electron chi connectivity index (χ1n) is 3.04. The van der Waals surface area contributed by atoms with Gasteiger partial charge in [0.15, 0.2) is 0 Å². The summed E-state index contributed by atoms with van der Waals surface area (Å²) in [6.07, 6.45) is 3.01. The minimum absolute atomic E-state index is 0. The number of hydrogen-bond acceptors (Lipinski definition) is 2. The number of hydrogen-bond donors (Lipinski definition) is 0. The van der Waals surface area contributed by atoms with Crippen molar-refractivity contribution in [2.45, 2.75) is 26.2 Å². The summed E-state index contributed by atoms with van der Waals surface area (Å²) >= 11 is 3.93. The molecule has 0 aromatic carbocycles. The zero-order chi connectivity index (χ0) is 7.78. The Balaban J connectivity index is 0.000001000. The molecule has 0 atom stereocenters. The van der Waals surface area contributed by atoms with Gasteiger partial charge in [0.1, 0.15) is 0 Å². The van der Waals surface area contributed by atoms with E-state index in [1.165, 1.54) is 4.88 Å². The second kappa shape index (κ2) is 4.31. The first kappa shape index (κ1) is 12.0. The molecule has 0 unspecified atom stereocenters. The van der Waals surface area contributed by atoms with Crippen LogP contribution < -0.4 is 0 Å². The van der Waals surface area contributed by atoms with E-state index >= 15 is 0 Å². The van der Waals surface area contributed by atoms with E-state index < -0.39 is 0 Å². The molecule has 0 aliphatic rings. The first-order valence-corrected chi connectivity index (χ1v) is 4.94. The quantitative estimate of drug-likeness (QED) is 0.436. The predicted octanol–water partition coefficient (Wildman–Crippen LogP) is 2.84. The van der Waals surface area contributed by atoms with Crippen LogP contribution in [0.1, 0.15) is 25.6 Å². The molecule has 11 heavy (non-hydrogen) atoms. The average molecular weight is 452 g/mol. The molecule has 1 aromatic heterocycles. The third-order valence-electron chi connectivity index (χ3n) is 1.11. The normalized spacial score (nSPS) is 10.9. The smallest absolute Gasteiger partial charge is 0 e. The number of aromatic nitrogens is 1. The maximum Gasteiger partial charge on any atom is 0 e. The van der Waals surface area contributed by atoms with Gasteiger partial charge in [-0.25, -0.2) is 11.3 Å². The van der Waals surface area contributed by atoms with Gasteiger partial charge in [-0.1, -0.05) is 25.6 Å². The fourth-order valence-corrected chi connectivity index (χ4v) is 1.98. The Morgan fingerprint density at radius 3 is 2.18 bits per heavy atom. The van der Waals surface area contributed by atoms with E-state index in [1.54, 1.807) is 11.3 Å². The molecule has 63 valence electrons. The molecule has 0 bridgehead atoms. The van der Waals surface area contributed by atoms with E-state index in [1.807, 2.05) is 0 Å². The molecular formula is C7H9INReS-. The summed E-state index contributed by atoms with van der Waals surface area (Å²) in [4.78, 5) is 5.30. The van der Waals surface area contributed by atoms with Gasteiger partial charge < -0.3 is 4.98 Å². The SMILES string of the molecule is CC(C)(C)c1[c-]nc(I)s1.[Re]. The minimum Gasteiger partial charge on any atom is -0.437 e. The van der Waals surface area contributed by atoms with Crippen molar-refractivity contribution >= 4 is 33.9 Å². The molecule has 1 aromatic rings. The van der Waals surface area contributed by atoms with Gasteiger partial charge in [-0.2, -0.15) is 0 Å². The summed E-state index contributed by atoms with van der Waals surface area (Å²) in [5.74, 6) is 0. The van der Waals surface area contributed by atoms with Crippen molar-refractivity contribution in [2.24, 2.45) is 0 Å². The van der Waals surface area contributed by atoms with E-state index in [4.69, 9.17) is 0 Å². The topological polar surface area (TPSA) is 12.9 Å². The molecule has 0 aliphatic heterocycles. The Kier molecular flexibility index (Phi) is 4.71. The Hall–Kier alpha value is 1.02. The van der Waals surface area contributed by atoms with Crippen LogP contribution in [0.25, 0.3) is 0 Å². The Bertz CT molecular complexity index is 229. The first-order chi connectivity index (χ1) is 4.50. The molecule has 4 heteroatoms. The zero-order valence-corrected chi connectivity index (χ0v) is 12.3. The molecule has 0 saturated heterocycles. The molecule has 1 heterocycles. The third-order valence-corrected chi connectivity index (χ3v) is 3.18. The summed E-state index contributed by atoms with van der Waals surface area (Å²) in [5.41, 5.74) is 0.209. The minimum atomic E-state index is 0. The van der Waals surface area contributed by atoms with Gasteiger partial charge in [-0.05, 0) is 8.43 Å². The van der Waals surface area contributed by atoms with Crippen molar-refractivity contribution in [1.29, 1.82) is 0 Å². The molecule has 0 saturated carbocycles. The largest absolute Gasteiger partial charge is 0.437 e. The van der Waals surface area contributed by atoms with Crippen molar-refractivity contribution < 1.29 is 20.4 Å². The second-order valence-electron chi connectivity index (χ2n) is 3.16. The molecule has 0 fully saturated rings. The summed E-state index contributed by atoms with van der Waals surface area (Å²) in [7, 11) is 0. The molecule has 0 aliphatic carbocycles. The van der Waals surface area contributed by atoms with Crippen LogP contribution in [-0.2, 0) is 25.8 Å². The number of thiazole rings is 1. The number of nitrogens with zero attached hydrogens (tertiary/aromatic N) is 1. The van der Waals surface area contributed by atoms with E-state index in [-0.39, 0.29) is 25.8 Å². The van der Waals surface area contributed by atoms with Crippen LogP contribution in [0.3, 0.4) is 0 Å². The average Bonchev–Trinajstić information content (AvgIpc) is 2.11. The summed E-state index contributed by atoms with van der Waals surface area (Å²) < 4.78 is 1.07. The molecule has 1 radical (unpaired) electrons. The van der Waals surface area contributed by atoms with Crippen LogP contribution in [0.15, 0.2) is 0 Å². The molecule has 0 spiro atoms. The molecular weight excluding hydrogens is 443 g/mol. The zero-order valence-electron chi connectivity index (χ0n) is 6.61. The standard InChI is InChI=1S/C7H9INS.Re/c1-7(2,3)5-4-9-6(8)10-5;/h1-3H3;/q-1;. The Morgan fingerprint density at radius 1 is 1.45 bits per heavy atom. The number of rotatable bonds is 0. The maximum atomic E-state index is 4.06. The molecule has 0 N–H and O–H groups in total. The van der Waals surface area contributed by atoms with Gasteiger partial charge in [-0.15, -0.1) is 28.8 Å². The van der Waals surface area contributed by atoms with Crippen LogP contribution in [0.2, 0.25) is 0 Å². The van der Waals surface area contributed by atoms with Crippen molar-refractivity contribution in [3.8, 4) is 0 Å². The number of halogens is 1. The van der Waals surface area contributed by atoms with Crippen LogP contribution in [0.5, 0.6) is 0 Å². The Morgan fingerprint density at radius 2 is 2.00 bits per heavy atom. The summed E-state index contributed by atoms with van der Waals surface area (Å²) in [5, 5.41) is 0. The van der Waals surface area contributed by atoms with Crippen LogP contribution in [0, 0.1) is 9.21 Å². The summed E-state index contributed by atoms with van der Waals surface area (Å²) in [6, 6.07) is 0. The van der Waals surface area contributed by atoms with Gasteiger partial charge in [0, 0.05) is 20.4 Å². The maximum absolute atomic E-state index is 4.06. The predicted molar refractivity (Wildman–Crippen MR) is 52.4 cm³/mol. The van der Waals surface area contributed by atoms with E-state index in [2.05, 4.69) is 54.5 Å². The fourth-order valence-electron chi connectivity index (χ4n) is 0.545. The van der Waals surface area contributed by atoms with Crippen LogP contribution in [0.4, 0.5) is 0 Å². The summed E-state index contributed by atoms with van der Waals surface area (Å²) in [6.45, 7) is 6.52. The third kappa shape index (κ3) is 3.50. The van der Waals surface area contributed by atoms with Crippen LogP contribution >= 0.6 is 33.9 Å². The molecule has 1 rings (SSSR count). The molecule has 1 nitrogen and oxygen atoms in total. The van der Waals surface area contributed by atoms with Crippen molar-refractivity contribution in [1.82, 2.24) is 4.98 Å². The van der Waals surface area contributed by atoms with Crippen molar-refractivity contribution in [2.75, 3.05) is 0 Å². The Labute approximate surface area is 98.8 Å². The van der Waals surface area contributed by atoms with Gasteiger partial charge >= 0.3 is 0 Å². The second-order valence-corrected chi connectivity index (χ2v) is 5.91. The van der Waals surface area contributed by atoms with Crippen LogP contribution in [-0.4, -0.2) is 4.98 Å². The van der Waals surface area contributed by atoms with Crippen molar-refractivity contribution in [3.63, 3.8) is 0 Å². The molecule has 0 amide bonds.